The second-order valence-corrected chi connectivity index (χ2v) is 5.88. The normalized spacial score (nSPS) is 22.9. The van der Waals surface area contributed by atoms with Crippen LogP contribution in [-0.4, -0.2) is 18.7 Å². The van der Waals surface area contributed by atoms with E-state index in [1.807, 2.05) is 0 Å². The Kier molecular flexibility index (Phi) is 6.27. The lowest BCUT2D eigenvalue weighted by Crippen LogP contribution is -2.35. The molecule has 0 aliphatic heterocycles. The molecule has 2 rings (SSSR count). The molecule has 0 saturated heterocycles. The summed E-state index contributed by atoms with van der Waals surface area (Å²) in [6, 6.07) is 5.04. The number of rotatable bonds is 6. The maximum atomic E-state index is 13.2. The molecule has 0 atom stereocenters. The number of halogens is 2. The van der Waals surface area contributed by atoms with Crippen LogP contribution >= 0.6 is 11.6 Å². The first kappa shape index (κ1) is 15.7. The van der Waals surface area contributed by atoms with Crippen LogP contribution in [0.15, 0.2) is 18.2 Å². The zero-order valence-corrected chi connectivity index (χ0v) is 12.8. The molecule has 0 heterocycles. The minimum Gasteiger partial charge on any atom is -0.373 e. The van der Waals surface area contributed by atoms with Gasteiger partial charge in [0.15, 0.2) is 0 Å². The highest BCUT2D eigenvalue weighted by molar-refractivity contribution is 6.31. The number of nitrogens with one attached hydrogen (secondary N) is 1. The molecule has 0 radical (unpaired) electrons. The fourth-order valence-corrected chi connectivity index (χ4v) is 2.82. The van der Waals surface area contributed by atoms with Gasteiger partial charge >= 0.3 is 0 Å². The molecule has 112 valence electrons. The second-order valence-electron chi connectivity index (χ2n) is 5.47. The van der Waals surface area contributed by atoms with Crippen LogP contribution in [0.2, 0.25) is 5.02 Å². The van der Waals surface area contributed by atoms with E-state index in [9.17, 15) is 4.39 Å². The maximum Gasteiger partial charge on any atom is 0.123 e. The van der Waals surface area contributed by atoms with E-state index in [1.165, 1.54) is 18.6 Å². The largest absolute Gasteiger partial charge is 0.373 e. The highest BCUT2D eigenvalue weighted by atomic mass is 35.5. The summed E-state index contributed by atoms with van der Waals surface area (Å²) in [5.74, 6) is -0.263. The summed E-state index contributed by atoms with van der Waals surface area (Å²) < 4.78 is 19.0. The van der Waals surface area contributed by atoms with E-state index >= 15 is 0 Å². The van der Waals surface area contributed by atoms with E-state index in [1.54, 1.807) is 6.07 Å². The molecule has 0 amide bonds. The minimum absolute atomic E-state index is 0.263. The highest BCUT2D eigenvalue weighted by Gasteiger charge is 2.21. The van der Waals surface area contributed by atoms with Gasteiger partial charge in [0.2, 0.25) is 0 Å². The lowest BCUT2D eigenvalue weighted by Gasteiger charge is -2.29. The van der Waals surface area contributed by atoms with Crippen LogP contribution < -0.4 is 5.32 Å². The molecule has 0 bridgehead atoms. The predicted molar refractivity (Wildman–Crippen MR) is 80.5 cm³/mol. The van der Waals surface area contributed by atoms with Crippen molar-refractivity contribution in [2.45, 2.75) is 57.8 Å². The van der Waals surface area contributed by atoms with Crippen molar-refractivity contribution < 1.29 is 9.13 Å². The Bertz CT molecular complexity index is 419. The Balaban J connectivity index is 1.74. The van der Waals surface area contributed by atoms with Crippen LogP contribution in [0.5, 0.6) is 0 Å². The summed E-state index contributed by atoms with van der Waals surface area (Å²) in [6.07, 6.45) is 5.88. The van der Waals surface area contributed by atoms with Crippen LogP contribution in [0.1, 0.15) is 44.6 Å². The smallest absolute Gasteiger partial charge is 0.123 e. The van der Waals surface area contributed by atoms with Gasteiger partial charge in [0.25, 0.3) is 0 Å². The van der Waals surface area contributed by atoms with Gasteiger partial charge in [-0.3, -0.25) is 0 Å². The summed E-state index contributed by atoms with van der Waals surface area (Å²) in [6.45, 7) is 3.67. The molecule has 1 aliphatic carbocycles. The second kappa shape index (κ2) is 7.96. The Morgan fingerprint density at radius 3 is 2.75 bits per heavy atom. The van der Waals surface area contributed by atoms with Gasteiger partial charge in [-0.05, 0) is 62.4 Å². The summed E-state index contributed by atoms with van der Waals surface area (Å²) >= 11 is 6.04. The van der Waals surface area contributed by atoms with E-state index in [4.69, 9.17) is 16.3 Å². The molecule has 1 aromatic carbocycles. The molecule has 2 nitrogen and oxygen atoms in total. The van der Waals surface area contributed by atoms with E-state index in [-0.39, 0.29) is 11.9 Å². The number of ether oxygens (including phenoxy) is 1. The molecular weight excluding hydrogens is 277 g/mol. The topological polar surface area (TPSA) is 21.3 Å². The van der Waals surface area contributed by atoms with Crippen molar-refractivity contribution >= 4 is 11.6 Å². The SMILES string of the molecule is CCCNC1CCC(OCc2cc(F)ccc2Cl)CC1. The standard InChI is InChI=1S/C16H23ClFNO/c1-2-9-19-14-4-6-15(7-5-14)20-11-12-10-13(18)3-8-16(12)17/h3,8,10,14-15,19H,2,4-7,9,11H2,1H3. The van der Waals surface area contributed by atoms with Crippen LogP contribution in [0.25, 0.3) is 0 Å². The van der Waals surface area contributed by atoms with Crippen LogP contribution in [0.3, 0.4) is 0 Å². The molecule has 1 saturated carbocycles. The monoisotopic (exact) mass is 299 g/mol. The van der Waals surface area contributed by atoms with E-state index < -0.39 is 0 Å². The van der Waals surface area contributed by atoms with Crippen LogP contribution in [0.4, 0.5) is 4.39 Å². The van der Waals surface area contributed by atoms with E-state index in [0.717, 1.165) is 37.8 Å². The third kappa shape index (κ3) is 4.72. The molecule has 4 heteroatoms. The van der Waals surface area contributed by atoms with Crippen molar-refractivity contribution in [1.29, 1.82) is 0 Å². The summed E-state index contributed by atoms with van der Waals surface area (Å²) in [4.78, 5) is 0. The van der Waals surface area contributed by atoms with Gasteiger partial charge in [-0.2, -0.15) is 0 Å². The maximum absolute atomic E-state index is 13.2. The zero-order valence-electron chi connectivity index (χ0n) is 12.0. The third-order valence-corrected chi connectivity index (χ3v) is 4.21. The van der Waals surface area contributed by atoms with Gasteiger partial charge < -0.3 is 10.1 Å². The average molecular weight is 300 g/mol. The van der Waals surface area contributed by atoms with Gasteiger partial charge in [-0.15, -0.1) is 0 Å². The zero-order chi connectivity index (χ0) is 14.4. The molecule has 1 aromatic rings. The number of hydrogen-bond donors (Lipinski definition) is 1. The number of benzene rings is 1. The first-order chi connectivity index (χ1) is 9.69. The van der Waals surface area contributed by atoms with Crippen molar-refractivity contribution in [2.75, 3.05) is 6.54 Å². The lowest BCUT2D eigenvalue weighted by atomic mass is 9.93. The van der Waals surface area contributed by atoms with Crippen molar-refractivity contribution in [2.24, 2.45) is 0 Å². The van der Waals surface area contributed by atoms with Gasteiger partial charge in [0, 0.05) is 11.1 Å². The molecule has 1 N–H and O–H groups in total. The predicted octanol–water partition coefficient (Wildman–Crippen LogP) is 4.31. The van der Waals surface area contributed by atoms with E-state index in [2.05, 4.69) is 12.2 Å². The third-order valence-electron chi connectivity index (χ3n) is 3.84. The Morgan fingerprint density at radius 2 is 2.05 bits per heavy atom. The summed E-state index contributed by atoms with van der Waals surface area (Å²) in [7, 11) is 0. The van der Waals surface area contributed by atoms with Crippen LogP contribution in [-0.2, 0) is 11.3 Å². The Hall–Kier alpha value is -0.640. The lowest BCUT2D eigenvalue weighted by molar-refractivity contribution is 0.0113. The van der Waals surface area contributed by atoms with Crippen molar-refractivity contribution in [3.8, 4) is 0 Å². The van der Waals surface area contributed by atoms with Gasteiger partial charge in [-0.25, -0.2) is 4.39 Å². The van der Waals surface area contributed by atoms with E-state index in [0.29, 0.717) is 17.7 Å². The average Bonchev–Trinajstić information content (AvgIpc) is 2.47. The first-order valence-electron chi connectivity index (χ1n) is 7.48. The Morgan fingerprint density at radius 1 is 1.30 bits per heavy atom. The Labute approximate surface area is 125 Å². The fourth-order valence-electron chi connectivity index (χ4n) is 2.64. The minimum atomic E-state index is -0.263. The van der Waals surface area contributed by atoms with Gasteiger partial charge in [-0.1, -0.05) is 18.5 Å². The molecule has 0 unspecified atom stereocenters. The first-order valence-corrected chi connectivity index (χ1v) is 7.85. The molecular formula is C16H23ClFNO. The van der Waals surface area contributed by atoms with Gasteiger partial charge in [0.05, 0.1) is 12.7 Å². The molecule has 0 aromatic heterocycles. The molecule has 1 fully saturated rings. The highest BCUT2D eigenvalue weighted by Crippen LogP contribution is 2.24. The van der Waals surface area contributed by atoms with Crippen molar-refractivity contribution in [3.63, 3.8) is 0 Å². The van der Waals surface area contributed by atoms with Gasteiger partial charge in [0.1, 0.15) is 5.82 Å². The molecule has 1 aliphatic rings. The molecule has 20 heavy (non-hydrogen) atoms. The van der Waals surface area contributed by atoms with Crippen LogP contribution in [0, 0.1) is 5.82 Å². The fraction of sp³-hybridized carbons (Fsp3) is 0.625. The molecule has 0 spiro atoms. The van der Waals surface area contributed by atoms with Crippen molar-refractivity contribution in [3.05, 3.63) is 34.6 Å². The summed E-state index contributed by atoms with van der Waals surface area (Å²) in [5.41, 5.74) is 0.734. The number of hydrogen-bond acceptors (Lipinski definition) is 2. The summed E-state index contributed by atoms with van der Waals surface area (Å²) in [5, 5.41) is 4.13. The quantitative estimate of drug-likeness (QED) is 0.845. The van der Waals surface area contributed by atoms with Crippen molar-refractivity contribution in [1.82, 2.24) is 5.32 Å².